The van der Waals surface area contributed by atoms with Gasteiger partial charge in [0.1, 0.15) is 5.75 Å². The van der Waals surface area contributed by atoms with E-state index < -0.39 is 5.97 Å². The molecule has 41 heavy (non-hydrogen) atoms. The number of carbonyl (C=O) groups excluding carboxylic acids is 1. The van der Waals surface area contributed by atoms with E-state index in [0.717, 1.165) is 16.0 Å². The molecule has 6 heteroatoms. The Balaban J connectivity index is 2.47. The SMILES string of the molecule is CC(Sc1cc(C(C)(C)C)cc(C(C)(C)C)c1)Sc1cc(C(C)(C)C)c(OC(=O)CCCC(=O)O)c(C(C)(C)C)c1. The summed E-state index contributed by atoms with van der Waals surface area (Å²) in [4.78, 5) is 26.1. The van der Waals surface area contributed by atoms with Gasteiger partial charge >= 0.3 is 11.9 Å². The van der Waals surface area contributed by atoms with Gasteiger partial charge < -0.3 is 9.84 Å². The fourth-order valence-electron chi connectivity index (χ4n) is 4.38. The zero-order chi connectivity index (χ0) is 31.6. The van der Waals surface area contributed by atoms with E-state index >= 15 is 0 Å². The highest BCUT2D eigenvalue weighted by Gasteiger charge is 2.30. The third kappa shape index (κ3) is 10.7. The predicted molar refractivity (Wildman–Crippen MR) is 176 cm³/mol. The van der Waals surface area contributed by atoms with Crippen molar-refractivity contribution in [2.24, 2.45) is 0 Å². The Morgan fingerprint density at radius 2 is 1.10 bits per heavy atom. The maximum atomic E-state index is 12.8. The molecule has 0 aliphatic heterocycles. The molecule has 2 aromatic carbocycles. The molecular weight excluding hydrogens is 549 g/mol. The average Bonchev–Trinajstić information content (AvgIpc) is 2.76. The Morgan fingerprint density at radius 3 is 1.46 bits per heavy atom. The van der Waals surface area contributed by atoms with Crippen molar-refractivity contribution in [3.63, 3.8) is 0 Å². The van der Waals surface area contributed by atoms with Crippen LogP contribution in [0.25, 0.3) is 0 Å². The molecule has 0 heterocycles. The molecule has 228 valence electrons. The van der Waals surface area contributed by atoms with Crippen LogP contribution in [0.15, 0.2) is 40.1 Å². The molecule has 2 aromatic rings. The Morgan fingerprint density at radius 1 is 0.683 bits per heavy atom. The molecule has 1 atom stereocenters. The summed E-state index contributed by atoms with van der Waals surface area (Å²) in [7, 11) is 0. The fraction of sp³-hybridized carbons (Fsp3) is 0.600. The van der Waals surface area contributed by atoms with Crippen LogP contribution in [0.2, 0.25) is 0 Å². The largest absolute Gasteiger partial charge is 0.481 e. The van der Waals surface area contributed by atoms with Crippen molar-refractivity contribution in [3.8, 4) is 5.75 Å². The molecule has 0 fully saturated rings. The fourth-order valence-corrected chi connectivity index (χ4v) is 6.77. The van der Waals surface area contributed by atoms with Gasteiger partial charge in [-0.2, -0.15) is 0 Å². The molecule has 0 amide bonds. The van der Waals surface area contributed by atoms with Crippen molar-refractivity contribution in [1.29, 1.82) is 0 Å². The number of benzene rings is 2. The maximum Gasteiger partial charge on any atom is 0.311 e. The number of thioether (sulfide) groups is 2. The Labute approximate surface area is 257 Å². The molecule has 0 saturated heterocycles. The summed E-state index contributed by atoms with van der Waals surface area (Å²) in [6.07, 6.45) is 0.294. The van der Waals surface area contributed by atoms with Crippen LogP contribution in [-0.2, 0) is 31.2 Å². The molecule has 0 aliphatic rings. The van der Waals surface area contributed by atoms with Gasteiger partial charge in [-0.3, -0.25) is 9.59 Å². The zero-order valence-electron chi connectivity index (χ0n) is 27.6. The van der Waals surface area contributed by atoms with E-state index in [2.05, 4.69) is 120 Å². The molecule has 0 aromatic heterocycles. The number of carboxylic acid groups (broad SMARTS) is 1. The lowest BCUT2D eigenvalue weighted by atomic mass is 9.79. The minimum absolute atomic E-state index is 0.0472. The summed E-state index contributed by atoms with van der Waals surface area (Å²) >= 11 is 3.71. The lowest BCUT2D eigenvalue weighted by Gasteiger charge is -2.30. The molecular formula is C35H52O4S2. The second-order valence-corrected chi connectivity index (χ2v) is 18.2. The number of ether oxygens (including phenoxy) is 1. The molecule has 2 rings (SSSR count). The van der Waals surface area contributed by atoms with Crippen LogP contribution in [-0.4, -0.2) is 21.6 Å². The smallest absolute Gasteiger partial charge is 0.311 e. The first-order chi connectivity index (χ1) is 18.5. The predicted octanol–water partition coefficient (Wildman–Crippen LogP) is 10.3. The van der Waals surface area contributed by atoms with Gasteiger partial charge in [-0.15, -0.1) is 23.5 Å². The van der Waals surface area contributed by atoms with Crippen LogP contribution >= 0.6 is 23.5 Å². The van der Waals surface area contributed by atoms with Gasteiger partial charge in [0, 0.05) is 33.8 Å². The van der Waals surface area contributed by atoms with Crippen LogP contribution in [0.3, 0.4) is 0 Å². The van der Waals surface area contributed by atoms with Crippen LogP contribution < -0.4 is 4.74 Å². The van der Waals surface area contributed by atoms with Crippen molar-refractivity contribution in [1.82, 2.24) is 0 Å². The number of rotatable bonds is 9. The summed E-state index contributed by atoms with van der Waals surface area (Å²) in [6.45, 7) is 28.7. The second-order valence-electron chi connectivity index (χ2n) is 15.1. The van der Waals surface area contributed by atoms with Crippen LogP contribution in [0, 0.1) is 0 Å². The molecule has 0 spiro atoms. The summed E-state index contributed by atoms with van der Waals surface area (Å²) in [5.41, 5.74) is 4.29. The van der Waals surface area contributed by atoms with E-state index in [9.17, 15) is 9.59 Å². The topological polar surface area (TPSA) is 63.6 Å². The number of hydrogen-bond donors (Lipinski definition) is 1. The highest BCUT2D eigenvalue weighted by Crippen LogP contribution is 2.45. The highest BCUT2D eigenvalue weighted by molar-refractivity contribution is 8.17. The van der Waals surface area contributed by atoms with Gasteiger partial charge in [0.05, 0.1) is 4.58 Å². The van der Waals surface area contributed by atoms with Gasteiger partial charge in [0.15, 0.2) is 0 Å². The van der Waals surface area contributed by atoms with Gasteiger partial charge in [0.2, 0.25) is 0 Å². The highest BCUT2D eigenvalue weighted by atomic mass is 32.2. The van der Waals surface area contributed by atoms with Gasteiger partial charge in [-0.05, 0) is 70.4 Å². The first-order valence-corrected chi connectivity index (χ1v) is 16.4. The van der Waals surface area contributed by atoms with Crippen molar-refractivity contribution in [2.75, 3.05) is 0 Å². The Kier molecular flexibility index (Phi) is 11.3. The standard InChI is InChI=1S/C35H52O4S2/c1-22(40-25-18-23(32(2,3)4)17-24(19-25)33(5,6)7)41-26-20-27(34(8,9)10)31(28(21-26)35(11,12)13)39-30(38)16-14-15-29(36)37/h17-22H,14-16H2,1-13H3,(H,36,37). The first-order valence-electron chi connectivity index (χ1n) is 14.6. The summed E-state index contributed by atoms with van der Waals surface area (Å²) < 4.78 is 6.26. The number of hydrogen-bond acceptors (Lipinski definition) is 5. The number of aliphatic carboxylic acids is 1. The molecule has 0 saturated carbocycles. The van der Waals surface area contributed by atoms with Crippen LogP contribution in [0.4, 0.5) is 0 Å². The quantitative estimate of drug-likeness (QED) is 0.134. The van der Waals surface area contributed by atoms with Gasteiger partial charge in [-0.1, -0.05) is 89.2 Å². The monoisotopic (exact) mass is 600 g/mol. The van der Waals surface area contributed by atoms with Crippen molar-refractivity contribution in [3.05, 3.63) is 52.6 Å². The van der Waals surface area contributed by atoms with E-state index in [-0.39, 0.29) is 51.5 Å². The molecule has 4 nitrogen and oxygen atoms in total. The summed E-state index contributed by atoms with van der Waals surface area (Å²) in [6, 6.07) is 11.4. The number of esters is 1. The molecule has 0 bridgehead atoms. The number of carboxylic acids is 1. The molecule has 0 aliphatic carbocycles. The van der Waals surface area contributed by atoms with Gasteiger partial charge in [0.25, 0.3) is 0 Å². The lowest BCUT2D eigenvalue weighted by molar-refractivity contribution is -0.137. The minimum Gasteiger partial charge on any atom is -0.481 e. The average molecular weight is 601 g/mol. The number of carbonyl (C=O) groups is 2. The normalized spacial score (nSPS) is 13.7. The van der Waals surface area contributed by atoms with E-state index in [0.29, 0.717) is 5.75 Å². The van der Waals surface area contributed by atoms with Crippen molar-refractivity contribution < 1.29 is 19.4 Å². The minimum atomic E-state index is -0.906. The van der Waals surface area contributed by atoms with Crippen LogP contribution in [0.1, 0.15) is 132 Å². The lowest BCUT2D eigenvalue weighted by Crippen LogP contribution is -2.22. The van der Waals surface area contributed by atoms with Crippen LogP contribution in [0.5, 0.6) is 5.75 Å². The van der Waals surface area contributed by atoms with E-state index in [1.54, 1.807) is 0 Å². The Hall–Kier alpha value is -1.92. The van der Waals surface area contributed by atoms with E-state index in [4.69, 9.17) is 9.84 Å². The first kappa shape index (κ1) is 35.3. The van der Waals surface area contributed by atoms with E-state index in [1.165, 1.54) is 16.0 Å². The maximum absolute atomic E-state index is 12.8. The van der Waals surface area contributed by atoms with Crippen molar-refractivity contribution >= 4 is 35.5 Å². The molecule has 1 N–H and O–H groups in total. The summed E-state index contributed by atoms with van der Waals surface area (Å²) in [5.74, 6) is -0.681. The third-order valence-electron chi connectivity index (χ3n) is 6.91. The molecule has 0 radical (unpaired) electrons. The van der Waals surface area contributed by atoms with E-state index in [1.807, 2.05) is 23.5 Å². The third-order valence-corrected chi connectivity index (χ3v) is 9.17. The summed E-state index contributed by atoms with van der Waals surface area (Å²) in [5, 5.41) is 8.96. The molecule has 1 unspecified atom stereocenters. The Bertz CT molecular complexity index is 1170. The zero-order valence-corrected chi connectivity index (χ0v) is 29.2. The second kappa shape index (κ2) is 13.2. The van der Waals surface area contributed by atoms with Crippen molar-refractivity contribution in [2.45, 2.75) is 145 Å². The van der Waals surface area contributed by atoms with Gasteiger partial charge in [-0.25, -0.2) is 0 Å².